The highest BCUT2D eigenvalue weighted by Crippen LogP contribution is 2.43. The van der Waals surface area contributed by atoms with Crippen LogP contribution in [0, 0.1) is 5.41 Å². The van der Waals surface area contributed by atoms with E-state index in [9.17, 15) is 38.4 Å². The van der Waals surface area contributed by atoms with Crippen molar-refractivity contribution in [3.8, 4) is 0 Å². The van der Waals surface area contributed by atoms with Crippen LogP contribution in [-0.4, -0.2) is 122 Å². The normalized spacial score (nSPS) is 21.0. The predicted molar refractivity (Wildman–Crippen MR) is 237 cm³/mol. The Morgan fingerprint density at radius 1 is 0.734 bits per heavy atom. The van der Waals surface area contributed by atoms with Crippen molar-refractivity contribution in [2.24, 2.45) is 11.1 Å². The summed E-state index contributed by atoms with van der Waals surface area (Å²) < 4.78 is 21.2. The first-order valence-corrected chi connectivity index (χ1v) is 23.4. The summed E-state index contributed by atoms with van der Waals surface area (Å²) in [5.41, 5.74) is 16.7. The quantitative estimate of drug-likeness (QED) is 0.0529. The summed E-state index contributed by atoms with van der Waals surface area (Å²) >= 11 is 4.65. The van der Waals surface area contributed by atoms with Crippen LogP contribution in [-0.2, 0) is 52.5 Å². The van der Waals surface area contributed by atoms with E-state index in [1.165, 1.54) is 11.8 Å². The third kappa shape index (κ3) is 10.1. The van der Waals surface area contributed by atoms with Gasteiger partial charge in [-0.1, -0.05) is 26.0 Å². The number of primary amides is 1. The average Bonchev–Trinajstić information content (AvgIpc) is 3.89. The number of aromatic nitrogens is 2. The summed E-state index contributed by atoms with van der Waals surface area (Å²) in [7, 11) is 0. The topological polar surface area (TPSA) is 308 Å². The number of anilines is 2. The molecule has 2 fully saturated rings. The van der Waals surface area contributed by atoms with Crippen LogP contribution < -0.4 is 27.8 Å². The molecule has 0 unspecified atom stereocenters. The first-order chi connectivity index (χ1) is 30.4. The van der Waals surface area contributed by atoms with Crippen molar-refractivity contribution in [2.75, 3.05) is 43.0 Å². The zero-order valence-corrected chi connectivity index (χ0v) is 38.4. The molecule has 8 N–H and O–H groups in total. The molecule has 4 aliphatic rings. The van der Waals surface area contributed by atoms with Crippen molar-refractivity contribution in [1.82, 2.24) is 30.4 Å². The number of nitrogens with one attached hydrogen (secondary N) is 2. The van der Waals surface area contributed by atoms with Crippen molar-refractivity contribution in [3.05, 3.63) is 56.8 Å². The number of thiazole rings is 2. The zero-order valence-electron chi connectivity index (χ0n) is 35.1. The van der Waals surface area contributed by atoms with Crippen LogP contribution in [0.5, 0.6) is 0 Å². The molecule has 0 aromatic carbocycles. The Bertz CT molecular complexity index is 2400. The summed E-state index contributed by atoms with van der Waals surface area (Å²) in [5, 5.41) is 7.61. The molecule has 6 rings (SSSR count). The molecule has 5 amide bonds. The number of amides is 5. The van der Waals surface area contributed by atoms with E-state index in [0.717, 1.165) is 44.2 Å². The van der Waals surface area contributed by atoms with E-state index >= 15 is 0 Å². The summed E-state index contributed by atoms with van der Waals surface area (Å²) in [6, 6.07) is -2.16. The second-order valence-corrected chi connectivity index (χ2v) is 19.2. The van der Waals surface area contributed by atoms with E-state index < -0.39 is 95.9 Å². The molecular formula is C39H45N9O12S4. The van der Waals surface area contributed by atoms with Crippen molar-refractivity contribution in [1.29, 1.82) is 0 Å². The van der Waals surface area contributed by atoms with E-state index in [2.05, 4.69) is 20.6 Å². The fourth-order valence-electron chi connectivity index (χ4n) is 6.66. The smallest absolute Gasteiger partial charge is 0.404 e. The minimum atomic E-state index is -1.14. The number of nitrogen functional groups attached to an aromatic ring is 2. The Morgan fingerprint density at radius 3 is 1.56 bits per heavy atom. The molecule has 4 aliphatic heterocycles. The molecule has 0 radical (unpaired) electrons. The highest BCUT2D eigenvalue weighted by Gasteiger charge is 2.56. The van der Waals surface area contributed by atoms with Gasteiger partial charge in [0.05, 0.1) is 27.9 Å². The Labute approximate surface area is 382 Å². The SMILES string of the molecule is CC/C=C(\C(=O)N[C@@H]1C(=O)N2C(C(=O)OCC3=C(C(=O)OCOC(=O)C(C)(C)C)N4C(=O)[C@@H](NC(=O)/C(=C\CC)c5csc(N)n5)[C@H]4SC3)=C(COC(N)=O)CS[C@H]12)c1csc(N)n1. The number of nitrogens with zero attached hydrogens (tertiary/aromatic N) is 4. The zero-order chi connectivity index (χ0) is 46.6. The molecule has 0 saturated carbocycles. The number of hydrogen-bond donors (Lipinski definition) is 5. The second kappa shape index (κ2) is 19.9. The maximum Gasteiger partial charge on any atom is 0.404 e. The molecule has 0 spiro atoms. The molecule has 64 heavy (non-hydrogen) atoms. The lowest BCUT2D eigenvalue weighted by molar-refractivity contribution is -0.173. The largest absolute Gasteiger partial charge is 0.456 e. The van der Waals surface area contributed by atoms with E-state index in [0.29, 0.717) is 24.2 Å². The van der Waals surface area contributed by atoms with Crippen LogP contribution in [0.2, 0.25) is 0 Å². The third-order valence-corrected chi connectivity index (χ3v) is 13.7. The van der Waals surface area contributed by atoms with Gasteiger partial charge in [-0.15, -0.1) is 46.2 Å². The lowest BCUT2D eigenvalue weighted by Crippen LogP contribution is -2.71. The van der Waals surface area contributed by atoms with Crippen LogP contribution in [0.25, 0.3) is 11.1 Å². The number of thioether (sulfide) groups is 2. The highest BCUT2D eigenvalue weighted by molar-refractivity contribution is 8.00. The van der Waals surface area contributed by atoms with Crippen LogP contribution in [0.15, 0.2) is 45.5 Å². The molecule has 25 heteroatoms. The van der Waals surface area contributed by atoms with Crippen LogP contribution >= 0.6 is 46.2 Å². The molecule has 342 valence electrons. The first kappa shape index (κ1) is 47.6. The maximum absolute atomic E-state index is 14.1. The molecule has 2 aromatic heterocycles. The fraction of sp³-hybridized carbons (Fsp3) is 0.436. The number of hydrogen-bond acceptors (Lipinski definition) is 20. The van der Waals surface area contributed by atoms with Gasteiger partial charge in [0.2, 0.25) is 6.79 Å². The van der Waals surface area contributed by atoms with Gasteiger partial charge in [0.25, 0.3) is 23.6 Å². The number of nitrogens with two attached hydrogens (primary N) is 3. The molecule has 2 aromatic rings. The molecule has 21 nitrogen and oxygen atoms in total. The van der Waals surface area contributed by atoms with Gasteiger partial charge in [0.1, 0.15) is 47.4 Å². The number of esters is 3. The van der Waals surface area contributed by atoms with E-state index in [4.69, 9.17) is 36.1 Å². The van der Waals surface area contributed by atoms with Gasteiger partial charge in [-0.2, -0.15) is 0 Å². The number of rotatable bonds is 16. The van der Waals surface area contributed by atoms with Crippen molar-refractivity contribution < 1.29 is 57.3 Å². The summed E-state index contributed by atoms with van der Waals surface area (Å²) in [6.07, 6.45) is 3.11. The number of β-lactam (4-membered cyclic amide) rings is 2. The molecule has 0 bridgehead atoms. The number of allylic oxidation sites excluding steroid dienone is 2. The number of fused-ring (bicyclic) bond motifs is 2. The molecular weight excluding hydrogens is 915 g/mol. The van der Waals surface area contributed by atoms with Gasteiger partial charge in [-0.3, -0.25) is 33.8 Å². The molecule has 2 saturated heterocycles. The summed E-state index contributed by atoms with van der Waals surface area (Å²) in [5.74, 6) is -5.28. The Balaban J connectivity index is 1.22. The Kier molecular flexibility index (Phi) is 14.8. The monoisotopic (exact) mass is 959 g/mol. The minimum Gasteiger partial charge on any atom is -0.456 e. The lowest BCUT2D eigenvalue weighted by Gasteiger charge is -2.50. The Morgan fingerprint density at radius 2 is 1.17 bits per heavy atom. The summed E-state index contributed by atoms with van der Waals surface area (Å²) in [6.45, 7) is 6.59. The molecule has 0 aliphatic carbocycles. The lowest BCUT2D eigenvalue weighted by atomic mass is 9.98. The van der Waals surface area contributed by atoms with Crippen LogP contribution in [0.3, 0.4) is 0 Å². The molecule has 4 atom stereocenters. The van der Waals surface area contributed by atoms with Gasteiger partial charge in [-0.05, 0) is 33.6 Å². The number of carbonyl (C=O) groups excluding carboxylic acids is 8. The van der Waals surface area contributed by atoms with Crippen molar-refractivity contribution in [3.63, 3.8) is 0 Å². The first-order valence-electron chi connectivity index (χ1n) is 19.6. The Hall–Kier alpha value is -5.92. The minimum absolute atomic E-state index is 0.00918. The standard InChI is InChI=1S/C39H45N9O12S4/c1-6-8-19(21-14-63-36(40)43-21)27(49)45-23-29(51)47-25(18(11-58-38(42)56)13-62-31(23)47)33(53)57-10-17-12-61-32-24(46-28(50)20(9-7-2)22-15-64-37(41)44-22)30(52)48(32)26(17)34(54)59-16-60-35(55)39(3,4)5/h8-9,14-15,23-24,31-32H,6-7,10-13,16H2,1-5H3,(H2,40,43)(H2,41,44)(H2,42,56)(H,45,49)(H,46,50)/b19-8-,20-9-/t23-,24-,31-,32-/m1/s1. The van der Waals surface area contributed by atoms with Gasteiger partial charge >= 0.3 is 24.0 Å². The van der Waals surface area contributed by atoms with Gasteiger partial charge in [-0.25, -0.2) is 24.4 Å². The predicted octanol–water partition coefficient (Wildman–Crippen LogP) is 2.09. The molecule has 6 heterocycles. The van der Waals surface area contributed by atoms with Gasteiger partial charge in [0.15, 0.2) is 10.3 Å². The van der Waals surface area contributed by atoms with Crippen LogP contribution in [0.4, 0.5) is 15.1 Å². The van der Waals surface area contributed by atoms with Crippen molar-refractivity contribution in [2.45, 2.75) is 70.3 Å². The maximum atomic E-state index is 14.1. The highest BCUT2D eigenvalue weighted by atomic mass is 32.2. The van der Waals surface area contributed by atoms with E-state index in [1.807, 2.05) is 13.8 Å². The second-order valence-electron chi connectivity index (χ2n) is 15.2. The van der Waals surface area contributed by atoms with E-state index in [1.54, 1.807) is 43.7 Å². The van der Waals surface area contributed by atoms with Crippen molar-refractivity contribution >= 4 is 115 Å². The van der Waals surface area contributed by atoms with Crippen LogP contribution in [0.1, 0.15) is 58.8 Å². The number of ether oxygens (including phenoxy) is 4. The third-order valence-electron chi connectivity index (χ3n) is 9.71. The number of carbonyl (C=O) groups is 8. The van der Waals surface area contributed by atoms with E-state index in [-0.39, 0.29) is 55.5 Å². The van der Waals surface area contributed by atoms with Gasteiger partial charge in [0, 0.05) is 33.4 Å². The summed E-state index contributed by atoms with van der Waals surface area (Å²) in [4.78, 5) is 117. The fourth-order valence-corrected chi connectivity index (χ4v) is 10.4. The average molecular weight is 960 g/mol. The van der Waals surface area contributed by atoms with Gasteiger partial charge < -0.3 is 46.8 Å².